The number of hydrogen-bond acceptors (Lipinski definition) is 7. The molecule has 0 spiro atoms. The third-order valence-electron chi connectivity index (χ3n) is 8.56. The number of carbonyl (C=O) groups is 1. The maximum Gasteiger partial charge on any atom is 0.184 e. The molecule has 2 saturated heterocycles. The Bertz CT molecular complexity index is 1190. The predicted octanol–water partition coefficient (Wildman–Crippen LogP) is 8.69. The molecule has 2 aliphatic heterocycles. The summed E-state index contributed by atoms with van der Waals surface area (Å²) in [5.41, 5.74) is 3.35. The van der Waals surface area contributed by atoms with Crippen molar-refractivity contribution in [2.24, 2.45) is 11.8 Å². The number of Topliss-reactive ketones (excluding diaryl/α,β-unsaturated/α-hetero) is 1. The van der Waals surface area contributed by atoms with Crippen molar-refractivity contribution in [1.29, 1.82) is 0 Å². The van der Waals surface area contributed by atoms with E-state index in [1.165, 1.54) is 16.0 Å². The van der Waals surface area contributed by atoms with Crippen molar-refractivity contribution in [2.45, 2.75) is 147 Å². The highest BCUT2D eigenvalue weighted by Gasteiger charge is 2.51. The number of carbonyl (C=O) groups excluding carboxylic acids is 1. The molecule has 2 heterocycles. The van der Waals surface area contributed by atoms with Crippen LogP contribution in [0.3, 0.4) is 0 Å². The van der Waals surface area contributed by atoms with E-state index in [1.54, 1.807) is 11.8 Å². The van der Waals surface area contributed by atoms with Crippen LogP contribution < -0.4 is 0 Å². The van der Waals surface area contributed by atoms with Gasteiger partial charge in [0.15, 0.2) is 30.7 Å². The highest BCUT2D eigenvalue weighted by molar-refractivity contribution is 8.02. The second kappa shape index (κ2) is 14.3. The molecule has 0 bridgehead atoms. The van der Waals surface area contributed by atoms with E-state index in [0.29, 0.717) is 18.9 Å². The standard InChI is InChI=1S/C34H58O6SSi3/c1-22(21-41-31-15-13-14-26-27(31)16-17-28(26)35)18-29-34(40-44(10,11)12)33(39-43(7,8)9)25(20-36-29)19-30-32(37-30)23(2)24(3)38-42(4,5)6/h13-15,21,23-25,29-30,32-34H,16-20H2,1-12H3/t23-,24+,25+,29+,30+,32+,33-,34-/m1/s1. The van der Waals surface area contributed by atoms with Crippen LogP contribution in [0, 0.1) is 11.8 Å². The topological polar surface area (TPSA) is 66.5 Å². The fraction of sp³-hybridized carbons (Fsp3) is 0.735. The third kappa shape index (κ3) is 10.2. The highest BCUT2D eigenvalue weighted by atomic mass is 32.2. The number of hydrogen-bond donors (Lipinski definition) is 0. The quantitative estimate of drug-likeness (QED) is 0.111. The van der Waals surface area contributed by atoms with Gasteiger partial charge in [-0.15, -0.1) is 0 Å². The lowest BCUT2D eigenvalue weighted by molar-refractivity contribution is -0.152. The zero-order chi connectivity index (χ0) is 32.6. The van der Waals surface area contributed by atoms with Crippen LogP contribution in [-0.2, 0) is 29.2 Å². The molecular weight excluding hydrogens is 621 g/mol. The molecule has 3 aliphatic rings. The van der Waals surface area contributed by atoms with E-state index in [4.69, 9.17) is 22.8 Å². The number of fused-ring (bicyclic) bond motifs is 1. The van der Waals surface area contributed by atoms with Gasteiger partial charge in [0, 0.05) is 34.8 Å². The first-order chi connectivity index (χ1) is 20.3. The third-order valence-corrected chi connectivity index (χ3v) is 12.8. The molecule has 6 nitrogen and oxygen atoms in total. The lowest BCUT2D eigenvalue weighted by atomic mass is 9.85. The summed E-state index contributed by atoms with van der Waals surface area (Å²) in [4.78, 5) is 13.4. The Labute approximate surface area is 274 Å². The van der Waals surface area contributed by atoms with Gasteiger partial charge in [0.1, 0.15) is 0 Å². The Kier molecular flexibility index (Phi) is 11.8. The average Bonchev–Trinajstić information content (AvgIpc) is 3.55. The van der Waals surface area contributed by atoms with Crippen LogP contribution in [0.5, 0.6) is 0 Å². The summed E-state index contributed by atoms with van der Waals surface area (Å²) in [6.07, 6.45) is 3.58. The molecule has 0 radical (unpaired) electrons. The molecule has 10 heteroatoms. The molecule has 1 aromatic carbocycles. The number of ether oxygens (including phenoxy) is 2. The van der Waals surface area contributed by atoms with Gasteiger partial charge in [-0.05, 0) is 109 Å². The first kappa shape index (κ1) is 36.3. The Morgan fingerprint density at radius 3 is 2.25 bits per heavy atom. The van der Waals surface area contributed by atoms with Gasteiger partial charge in [-0.1, -0.05) is 36.4 Å². The molecule has 4 rings (SSSR count). The van der Waals surface area contributed by atoms with Gasteiger partial charge in [0.25, 0.3) is 0 Å². The van der Waals surface area contributed by atoms with Crippen molar-refractivity contribution in [2.75, 3.05) is 6.61 Å². The van der Waals surface area contributed by atoms with E-state index < -0.39 is 25.0 Å². The summed E-state index contributed by atoms with van der Waals surface area (Å²) in [5, 5.41) is 2.24. The van der Waals surface area contributed by atoms with Gasteiger partial charge in [-0.3, -0.25) is 4.79 Å². The maximum atomic E-state index is 12.3. The van der Waals surface area contributed by atoms with Gasteiger partial charge in [0.05, 0.1) is 37.1 Å². The van der Waals surface area contributed by atoms with E-state index >= 15 is 0 Å². The summed E-state index contributed by atoms with van der Waals surface area (Å²) < 4.78 is 33.4. The Morgan fingerprint density at radius 1 is 0.955 bits per heavy atom. The molecule has 0 aromatic heterocycles. The van der Waals surface area contributed by atoms with E-state index in [9.17, 15) is 4.79 Å². The molecule has 1 aliphatic carbocycles. The molecular formula is C34H58O6SSi3. The zero-order valence-corrected chi connectivity index (χ0v) is 33.1. The van der Waals surface area contributed by atoms with Gasteiger partial charge in [-0.25, -0.2) is 0 Å². The minimum atomic E-state index is -1.91. The van der Waals surface area contributed by atoms with Crippen molar-refractivity contribution in [3.63, 3.8) is 0 Å². The summed E-state index contributed by atoms with van der Waals surface area (Å²) >= 11 is 1.72. The monoisotopic (exact) mass is 678 g/mol. The second-order valence-corrected chi connectivity index (χ2v) is 30.5. The van der Waals surface area contributed by atoms with Crippen LogP contribution in [-0.4, -0.2) is 74.0 Å². The van der Waals surface area contributed by atoms with E-state index in [2.05, 4.69) is 91.2 Å². The largest absolute Gasteiger partial charge is 0.415 e. The number of epoxide rings is 1. The number of rotatable bonds is 14. The van der Waals surface area contributed by atoms with E-state index in [-0.39, 0.29) is 48.3 Å². The normalized spacial score (nSPS) is 29.5. The van der Waals surface area contributed by atoms with Crippen molar-refractivity contribution in [3.8, 4) is 0 Å². The van der Waals surface area contributed by atoms with Crippen molar-refractivity contribution in [3.05, 3.63) is 40.3 Å². The maximum absolute atomic E-state index is 12.3. The fourth-order valence-corrected chi connectivity index (χ4v) is 11.1. The van der Waals surface area contributed by atoms with Crippen molar-refractivity contribution < 1.29 is 27.5 Å². The Hall–Kier alpha value is -0.569. The summed E-state index contributed by atoms with van der Waals surface area (Å²) in [7, 11) is -5.41. The van der Waals surface area contributed by atoms with Crippen LogP contribution >= 0.6 is 11.8 Å². The van der Waals surface area contributed by atoms with Crippen LogP contribution in [0.4, 0.5) is 0 Å². The molecule has 248 valence electrons. The van der Waals surface area contributed by atoms with Crippen LogP contribution in [0.1, 0.15) is 56.0 Å². The number of benzene rings is 1. The smallest absolute Gasteiger partial charge is 0.184 e. The van der Waals surface area contributed by atoms with Crippen molar-refractivity contribution >= 4 is 42.5 Å². The van der Waals surface area contributed by atoms with Gasteiger partial charge >= 0.3 is 0 Å². The second-order valence-electron chi connectivity index (χ2n) is 16.2. The zero-order valence-electron chi connectivity index (χ0n) is 29.3. The first-order valence-electron chi connectivity index (χ1n) is 16.6. The van der Waals surface area contributed by atoms with Gasteiger partial charge in [0.2, 0.25) is 0 Å². The molecule has 0 amide bonds. The molecule has 1 aromatic rings. The summed E-state index contributed by atoms with van der Waals surface area (Å²) in [5.74, 6) is 0.835. The number of ketones is 1. The highest BCUT2D eigenvalue weighted by Crippen LogP contribution is 2.42. The lowest BCUT2D eigenvalue weighted by Crippen LogP contribution is -2.58. The summed E-state index contributed by atoms with van der Waals surface area (Å²) in [6.45, 7) is 27.7. The van der Waals surface area contributed by atoms with Gasteiger partial charge < -0.3 is 22.8 Å². The van der Waals surface area contributed by atoms with Crippen molar-refractivity contribution in [1.82, 2.24) is 0 Å². The molecule has 0 N–H and O–H groups in total. The molecule has 8 atom stereocenters. The Balaban J connectivity index is 1.48. The van der Waals surface area contributed by atoms with E-state index in [0.717, 1.165) is 24.8 Å². The first-order valence-corrected chi connectivity index (χ1v) is 27.7. The fourth-order valence-electron chi connectivity index (χ4n) is 6.55. The molecule has 0 unspecified atom stereocenters. The molecule has 2 fully saturated rings. The minimum Gasteiger partial charge on any atom is -0.415 e. The minimum absolute atomic E-state index is 0.0215. The predicted molar refractivity (Wildman–Crippen MR) is 189 cm³/mol. The summed E-state index contributed by atoms with van der Waals surface area (Å²) in [6, 6.07) is 6.10. The lowest BCUT2D eigenvalue weighted by Gasteiger charge is -2.47. The molecule has 44 heavy (non-hydrogen) atoms. The average molecular weight is 679 g/mol. The number of thioether (sulfide) groups is 1. The van der Waals surface area contributed by atoms with Crippen LogP contribution in [0.25, 0.3) is 0 Å². The van der Waals surface area contributed by atoms with Crippen LogP contribution in [0.2, 0.25) is 58.9 Å². The van der Waals surface area contributed by atoms with Gasteiger partial charge in [-0.2, -0.15) is 0 Å². The molecule has 0 saturated carbocycles. The van der Waals surface area contributed by atoms with Crippen LogP contribution in [0.15, 0.2) is 34.1 Å². The Morgan fingerprint density at radius 2 is 1.61 bits per heavy atom. The SMILES string of the molecule is CC(=CSc1cccc2c1CCC2=O)C[C@@H]1OC[C@H](C[C@@H]2O[C@H]2[C@H](C)[C@H](C)O[Si](C)(C)C)[C@@H](O[Si](C)(C)C)[C@@H]1O[Si](C)(C)C. The van der Waals surface area contributed by atoms with E-state index in [1.807, 2.05) is 12.1 Å².